The molecule has 0 heterocycles. The third-order valence-electron chi connectivity index (χ3n) is 1.06. The van der Waals surface area contributed by atoms with Gasteiger partial charge in [0.2, 0.25) is 0 Å². The molecule has 3 rings (SSSR count). The molecular formula is C9H21P. The van der Waals surface area contributed by atoms with Crippen LogP contribution in [0.5, 0.6) is 0 Å². The van der Waals surface area contributed by atoms with Crippen LogP contribution in [-0.2, 0) is 0 Å². The second kappa shape index (κ2) is 7.54. The lowest BCUT2D eigenvalue weighted by Crippen LogP contribution is -0.856. The van der Waals surface area contributed by atoms with E-state index >= 15 is 0 Å². The predicted octanol–water partition coefficient (Wildman–Crippen LogP) is 3.57. The van der Waals surface area contributed by atoms with E-state index in [-0.39, 0.29) is 9.90 Å². The maximum absolute atomic E-state index is 1.50. The molecule has 0 radical (unpaired) electrons. The van der Waals surface area contributed by atoms with Crippen molar-refractivity contribution in [3.05, 3.63) is 0 Å². The van der Waals surface area contributed by atoms with Crippen molar-refractivity contribution in [1.29, 1.82) is 0 Å². The summed E-state index contributed by atoms with van der Waals surface area (Å²) >= 11 is 0. The zero-order valence-corrected chi connectivity index (χ0v) is 8.49. The first-order valence-corrected chi connectivity index (χ1v) is 4.50. The molecule has 0 nitrogen and oxygen atoms in total. The van der Waals surface area contributed by atoms with Crippen molar-refractivity contribution in [2.24, 2.45) is 0 Å². The van der Waals surface area contributed by atoms with Crippen molar-refractivity contribution < 1.29 is 0 Å². The SMILES string of the molecule is C1CC1.C1CC1.C1CC1.P. The highest BCUT2D eigenvalue weighted by Crippen LogP contribution is 2.15. The average molecular weight is 160 g/mol. The molecule has 0 aromatic rings. The number of rotatable bonds is 0. The Morgan fingerprint density at radius 3 is 0.400 bits per heavy atom. The fraction of sp³-hybridized carbons (Fsp3) is 1.00. The first-order chi connectivity index (χ1) is 4.50. The second-order valence-electron chi connectivity index (χ2n) is 3.18. The third-order valence-corrected chi connectivity index (χ3v) is 1.06. The minimum atomic E-state index is 0. The van der Waals surface area contributed by atoms with Crippen LogP contribution in [-0.4, -0.2) is 0 Å². The summed E-state index contributed by atoms with van der Waals surface area (Å²) in [6.45, 7) is 0. The van der Waals surface area contributed by atoms with Gasteiger partial charge in [-0.3, -0.25) is 0 Å². The van der Waals surface area contributed by atoms with Crippen LogP contribution in [0.1, 0.15) is 57.8 Å². The standard InChI is InChI=1S/3C3H6.H3P/c3*1-2-3-1;/h3*1-3H2;1H3. The molecule has 0 aliphatic heterocycles. The molecule has 0 saturated heterocycles. The van der Waals surface area contributed by atoms with Crippen molar-refractivity contribution in [2.75, 3.05) is 0 Å². The van der Waals surface area contributed by atoms with Gasteiger partial charge in [-0.1, -0.05) is 57.8 Å². The summed E-state index contributed by atoms with van der Waals surface area (Å²) in [4.78, 5) is 0. The zero-order valence-electron chi connectivity index (χ0n) is 7.07. The second-order valence-corrected chi connectivity index (χ2v) is 3.18. The van der Waals surface area contributed by atoms with E-state index in [0.29, 0.717) is 0 Å². The Labute approximate surface area is 68.4 Å². The Morgan fingerprint density at radius 1 is 0.300 bits per heavy atom. The van der Waals surface area contributed by atoms with Gasteiger partial charge in [0.15, 0.2) is 0 Å². The molecule has 3 saturated carbocycles. The predicted molar refractivity (Wildman–Crippen MR) is 52.7 cm³/mol. The lowest BCUT2D eigenvalue weighted by atomic mass is 11.0. The van der Waals surface area contributed by atoms with Crippen LogP contribution in [0.3, 0.4) is 0 Å². The van der Waals surface area contributed by atoms with Gasteiger partial charge >= 0.3 is 0 Å². The molecule has 3 aliphatic rings. The van der Waals surface area contributed by atoms with E-state index in [2.05, 4.69) is 0 Å². The summed E-state index contributed by atoms with van der Waals surface area (Å²) in [5.74, 6) is 0. The van der Waals surface area contributed by atoms with Crippen LogP contribution in [0.2, 0.25) is 0 Å². The van der Waals surface area contributed by atoms with Gasteiger partial charge in [-0.2, -0.15) is 9.90 Å². The van der Waals surface area contributed by atoms with E-state index in [1.54, 1.807) is 0 Å². The highest BCUT2D eigenvalue weighted by molar-refractivity contribution is 6.92. The molecule has 0 aromatic carbocycles. The minimum Gasteiger partial charge on any atom is -0.153 e. The third kappa shape index (κ3) is 39.6. The van der Waals surface area contributed by atoms with E-state index in [1.807, 2.05) is 0 Å². The topological polar surface area (TPSA) is 0 Å². The van der Waals surface area contributed by atoms with E-state index in [9.17, 15) is 0 Å². The molecule has 0 bridgehead atoms. The summed E-state index contributed by atoms with van der Waals surface area (Å²) in [6.07, 6.45) is 13.5. The molecule has 1 atom stereocenters. The van der Waals surface area contributed by atoms with Crippen LogP contribution >= 0.6 is 9.90 Å². The highest BCUT2D eigenvalue weighted by atomic mass is 31.0. The van der Waals surface area contributed by atoms with E-state index in [1.165, 1.54) is 57.8 Å². The van der Waals surface area contributed by atoms with E-state index in [0.717, 1.165) is 0 Å². The molecule has 10 heavy (non-hydrogen) atoms. The first kappa shape index (κ1) is 10.4. The van der Waals surface area contributed by atoms with Crippen LogP contribution in [0.25, 0.3) is 0 Å². The van der Waals surface area contributed by atoms with E-state index in [4.69, 9.17) is 0 Å². The summed E-state index contributed by atoms with van der Waals surface area (Å²) in [7, 11) is 0. The molecule has 1 heteroatoms. The number of hydrogen-bond acceptors (Lipinski definition) is 0. The molecule has 0 N–H and O–H groups in total. The smallest absolute Gasteiger partial charge is 0.0533 e. The van der Waals surface area contributed by atoms with Crippen molar-refractivity contribution in [2.45, 2.75) is 57.8 Å². The van der Waals surface area contributed by atoms with Gasteiger partial charge < -0.3 is 0 Å². The summed E-state index contributed by atoms with van der Waals surface area (Å²) < 4.78 is 0. The van der Waals surface area contributed by atoms with Crippen LogP contribution in [0.15, 0.2) is 0 Å². The summed E-state index contributed by atoms with van der Waals surface area (Å²) in [5, 5.41) is 0. The van der Waals surface area contributed by atoms with Gasteiger partial charge in [-0.25, -0.2) is 0 Å². The zero-order chi connectivity index (χ0) is 6.36. The normalized spacial score (nSPS) is 21.6. The molecule has 0 spiro atoms. The van der Waals surface area contributed by atoms with E-state index < -0.39 is 0 Å². The summed E-state index contributed by atoms with van der Waals surface area (Å²) in [5.41, 5.74) is 0. The van der Waals surface area contributed by atoms with Gasteiger partial charge in [0, 0.05) is 0 Å². The maximum atomic E-state index is 1.50. The average Bonchev–Trinajstić information content (AvgIpc) is 2.70. The van der Waals surface area contributed by atoms with Crippen molar-refractivity contribution >= 4 is 9.90 Å². The van der Waals surface area contributed by atoms with Gasteiger partial charge in [-0.05, 0) is 0 Å². The number of hydrogen-bond donors (Lipinski definition) is 0. The van der Waals surface area contributed by atoms with Crippen LogP contribution in [0.4, 0.5) is 0 Å². The molecule has 3 aliphatic carbocycles. The lowest BCUT2D eigenvalue weighted by molar-refractivity contribution is 1.50. The van der Waals surface area contributed by atoms with Crippen molar-refractivity contribution in [3.8, 4) is 0 Å². The van der Waals surface area contributed by atoms with Crippen LogP contribution < -0.4 is 0 Å². The minimum absolute atomic E-state index is 0. The Bertz CT molecular complexity index is 33.2. The largest absolute Gasteiger partial charge is 0.153 e. The molecule has 3 fully saturated rings. The quantitative estimate of drug-likeness (QED) is 0.475. The molecule has 1 unspecified atom stereocenters. The Kier molecular flexibility index (Phi) is 7.86. The molecule has 62 valence electrons. The summed E-state index contributed by atoms with van der Waals surface area (Å²) in [6, 6.07) is 0. The Hall–Kier alpha value is 0.430. The lowest BCUT2D eigenvalue weighted by Gasteiger charge is -1.05. The fourth-order valence-electron chi connectivity index (χ4n) is 0. The van der Waals surface area contributed by atoms with Gasteiger partial charge in [0.1, 0.15) is 0 Å². The van der Waals surface area contributed by atoms with Crippen molar-refractivity contribution in [1.82, 2.24) is 0 Å². The Morgan fingerprint density at radius 2 is 0.400 bits per heavy atom. The molecule has 0 amide bonds. The van der Waals surface area contributed by atoms with Crippen molar-refractivity contribution in [3.63, 3.8) is 0 Å². The van der Waals surface area contributed by atoms with Gasteiger partial charge in [0.25, 0.3) is 0 Å². The maximum Gasteiger partial charge on any atom is -0.0533 e. The molecular weight excluding hydrogens is 139 g/mol. The highest BCUT2D eigenvalue weighted by Gasteiger charge is 1.95. The Balaban J connectivity index is 0.000000116. The first-order valence-electron chi connectivity index (χ1n) is 4.50. The monoisotopic (exact) mass is 160 g/mol. The fourth-order valence-corrected chi connectivity index (χ4v) is 0. The van der Waals surface area contributed by atoms with Gasteiger partial charge in [-0.15, -0.1) is 0 Å². The van der Waals surface area contributed by atoms with Gasteiger partial charge in [0.05, 0.1) is 0 Å². The molecule has 0 aromatic heterocycles. The van der Waals surface area contributed by atoms with Crippen LogP contribution in [0, 0.1) is 0 Å².